The van der Waals surface area contributed by atoms with Gasteiger partial charge in [-0.25, -0.2) is 0 Å². The number of hydrogen-bond acceptors (Lipinski definition) is 3. The first-order valence-corrected chi connectivity index (χ1v) is 7.70. The van der Waals surface area contributed by atoms with Crippen molar-refractivity contribution in [2.45, 2.75) is 13.0 Å². The largest absolute Gasteiger partial charge is 0.347 e. The summed E-state index contributed by atoms with van der Waals surface area (Å²) in [6.45, 7) is 0.532. The van der Waals surface area contributed by atoms with E-state index in [0.29, 0.717) is 12.2 Å². The van der Waals surface area contributed by atoms with Crippen LogP contribution in [0.1, 0.15) is 6.42 Å². The molecule has 0 fully saturated rings. The van der Waals surface area contributed by atoms with E-state index in [1.165, 1.54) is 18.2 Å². The quantitative estimate of drug-likeness (QED) is 0.556. The van der Waals surface area contributed by atoms with Crippen molar-refractivity contribution in [3.63, 3.8) is 0 Å². The molecular weight excluding hydrogens is 330 g/mol. The van der Waals surface area contributed by atoms with Gasteiger partial charge in [0.25, 0.3) is 5.69 Å². The number of aromatic nitrogens is 1. The van der Waals surface area contributed by atoms with Crippen LogP contribution in [-0.2, 0) is 11.3 Å². The van der Waals surface area contributed by atoms with E-state index in [4.69, 9.17) is 11.6 Å². The molecule has 0 unspecified atom stereocenters. The maximum Gasteiger partial charge on any atom is 0.271 e. The number of carbonyl (C=O) groups excluding carboxylic acids is 1. The van der Waals surface area contributed by atoms with E-state index in [1.807, 2.05) is 41.1 Å². The van der Waals surface area contributed by atoms with Gasteiger partial charge >= 0.3 is 0 Å². The van der Waals surface area contributed by atoms with E-state index < -0.39 is 4.92 Å². The van der Waals surface area contributed by atoms with Gasteiger partial charge in [0.1, 0.15) is 0 Å². The van der Waals surface area contributed by atoms with Crippen LogP contribution in [0.2, 0.25) is 5.02 Å². The number of nitrogens with one attached hydrogen (secondary N) is 1. The molecule has 0 aliphatic carbocycles. The number of amides is 1. The van der Waals surface area contributed by atoms with Crippen LogP contribution in [0.5, 0.6) is 0 Å². The molecule has 0 aliphatic heterocycles. The van der Waals surface area contributed by atoms with Crippen molar-refractivity contribution in [1.82, 2.24) is 4.57 Å². The predicted molar refractivity (Wildman–Crippen MR) is 93.3 cm³/mol. The Kier molecular flexibility index (Phi) is 4.48. The summed E-state index contributed by atoms with van der Waals surface area (Å²) in [6, 6.07) is 13.9. The van der Waals surface area contributed by atoms with Crippen molar-refractivity contribution < 1.29 is 9.72 Å². The highest BCUT2D eigenvalue weighted by Crippen LogP contribution is 2.26. The Hall–Kier alpha value is -2.86. The van der Waals surface area contributed by atoms with E-state index in [0.717, 1.165) is 10.9 Å². The Morgan fingerprint density at radius 2 is 2.00 bits per heavy atom. The molecule has 0 aliphatic rings. The lowest BCUT2D eigenvalue weighted by atomic mass is 10.2. The smallest absolute Gasteiger partial charge is 0.271 e. The summed E-state index contributed by atoms with van der Waals surface area (Å²) in [5, 5.41) is 14.6. The van der Waals surface area contributed by atoms with Gasteiger partial charge in [-0.3, -0.25) is 14.9 Å². The molecule has 122 valence electrons. The average Bonchev–Trinajstić information content (AvgIpc) is 2.98. The van der Waals surface area contributed by atoms with Gasteiger partial charge in [0.15, 0.2) is 0 Å². The van der Waals surface area contributed by atoms with Gasteiger partial charge in [-0.2, -0.15) is 0 Å². The summed E-state index contributed by atoms with van der Waals surface area (Å²) in [4.78, 5) is 22.2. The number of aryl methyl sites for hydroxylation is 1. The molecule has 2 aromatic carbocycles. The zero-order valence-electron chi connectivity index (χ0n) is 12.6. The SMILES string of the molecule is O=C(CCn1ccc2ccccc21)Nc1ccc([N+](=O)[O-])cc1Cl. The summed E-state index contributed by atoms with van der Waals surface area (Å²) < 4.78 is 2.01. The van der Waals surface area contributed by atoms with E-state index in [2.05, 4.69) is 5.32 Å². The Morgan fingerprint density at radius 3 is 2.75 bits per heavy atom. The van der Waals surface area contributed by atoms with Gasteiger partial charge in [0, 0.05) is 36.8 Å². The van der Waals surface area contributed by atoms with Crippen molar-refractivity contribution in [3.8, 4) is 0 Å². The molecule has 0 saturated carbocycles. The van der Waals surface area contributed by atoms with Crippen molar-refractivity contribution in [2.24, 2.45) is 0 Å². The third-order valence-corrected chi connectivity index (χ3v) is 4.01. The van der Waals surface area contributed by atoms with Crippen LogP contribution in [0.4, 0.5) is 11.4 Å². The van der Waals surface area contributed by atoms with Crippen molar-refractivity contribution >= 4 is 39.8 Å². The van der Waals surface area contributed by atoms with E-state index >= 15 is 0 Å². The molecule has 0 atom stereocenters. The minimum absolute atomic E-state index is 0.114. The monoisotopic (exact) mass is 343 g/mol. The molecule has 0 spiro atoms. The van der Waals surface area contributed by atoms with Gasteiger partial charge in [-0.05, 0) is 23.6 Å². The number of fused-ring (bicyclic) bond motifs is 1. The zero-order valence-corrected chi connectivity index (χ0v) is 13.4. The number of para-hydroxylation sites is 1. The summed E-state index contributed by atoms with van der Waals surface area (Å²) in [7, 11) is 0. The van der Waals surface area contributed by atoms with Gasteiger partial charge in [0.05, 0.1) is 15.6 Å². The highest BCUT2D eigenvalue weighted by Gasteiger charge is 2.12. The highest BCUT2D eigenvalue weighted by atomic mass is 35.5. The topological polar surface area (TPSA) is 77.2 Å². The molecule has 3 aromatic rings. The van der Waals surface area contributed by atoms with Gasteiger partial charge in [-0.1, -0.05) is 29.8 Å². The summed E-state index contributed by atoms with van der Waals surface area (Å²) in [6.07, 6.45) is 2.21. The molecule has 1 heterocycles. The standard InChI is InChI=1S/C17H14ClN3O3/c18-14-11-13(21(23)24)5-6-15(14)19-17(22)8-10-20-9-7-12-3-1-2-4-16(12)20/h1-7,9,11H,8,10H2,(H,19,22). The molecule has 1 amide bonds. The molecule has 7 heteroatoms. The minimum atomic E-state index is -0.533. The molecule has 0 saturated heterocycles. The van der Waals surface area contributed by atoms with E-state index in [9.17, 15) is 14.9 Å². The lowest BCUT2D eigenvalue weighted by Gasteiger charge is -2.08. The van der Waals surface area contributed by atoms with Crippen LogP contribution in [0.25, 0.3) is 10.9 Å². The number of benzene rings is 2. The van der Waals surface area contributed by atoms with Crippen molar-refractivity contribution in [3.05, 3.63) is 69.9 Å². The van der Waals surface area contributed by atoms with E-state index in [1.54, 1.807) is 0 Å². The molecular formula is C17H14ClN3O3. The first kappa shape index (κ1) is 16.0. The van der Waals surface area contributed by atoms with E-state index in [-0.39, 0.29) is 23.0 Å². The first-order valence-electron chi connectivity index (χ1n) is 7.32. The van der Waals surface area contributed by atoms with Crippen LogP contribution in [0, 0.1) is 10.1 Å². The van der Waals surface area contributed by atoms with Crippen LogP contribution in [0.3, 0.4) is 0 Å². The normalized spacial score (nSPS) is 10.7. The van der Waals surface area contributed by atoms with Crippen LogP contribution >= 0.6 is 11.6 Å². The van der Waals surface area contributed by atoms with Crippen molar-refractivity contribution in [2.75, 3.05) is 5.32 Å². The average molecular weight is 344 g/mol. The van der Waals surface area contributed by atoms with Crippen molar-refractivity contribution in [1.29, 1.82) is 0 Å². The minimum Gasteiger partial charge on any atom is -0.347 e. The summed E-state index contributed by atoms with van der Waals surface area (Å²) in [5.41, 5.74) is 1.32. The number of anilines is 1. The third kappa shape index (κ3) is 3.38. The second-order valence-corrected chi connectivity index (χ2v) is 5.69. The fourth-order valence-corrected chi connectivity index (χ4v) is 2.71. The fourth-order valence-electron chi connectivity index (χ4n) is 2.49. The molecule has 0 radical (unpaired) electrons. The number of halogens is 1. The summed E-state index contributed by atoms with van der Waals surface area (Å²) >= 11 is 5.97. The van der Waals surface area contributed by atoms with Crippen LogP contribution in [-0.4, -0.2) is 15.4 Å². The Bertz CT molecular complexity index is 920. The predicted octanol–water partition coefficient (Wildman–Crippen LogP) is 4.23. The molecule has 6 nitrogen and oxygen atoms in total. The number of rotatable bonds is 5. The number of nitro benzene ring substituents is 1. The molecule has 1 aromatic heterocycles. The van der Waals surface area contributed by atoms with Crippen LogP contribution in [0.15, 0.2) is 54.7 Å². The lowest BCUT2D eigenvalue weighted by molar-refractivity contribution is -0.384. The highest BCUT2D eigenvalue weighted by molar-refractivity contribution is 6.33. The summed E-state index contributed by atoms with van der Waals surface area (Å²) in [5.74, 6) is -0.205. The Labute approximate surface area is 142 Å². The van der Waals surface area contributed by atoms with Gasteiger partial charge in [-0.15, -0.1) is 0 Å². The van der Waals surface area contributed by atoms with Gasteiger partial charge in [0.2, 0.25) is 5.91 Å². The second-order valence-electron chi connectivity index (χ2n) is 5.29. The number of non-ortho nitro benzene ring substituents is 1. The number of nitrogens with zero attached hydrogens (tertiary/aromatic N) is 2. The number of carbonyl (C=O) groups is 1. The second kappa shape index (κ2) is 6.72. The molecule has 1 N–H and O–H groups in total. The number of hydrogen-bond donors (Lipinski definition) is 1. The number of nitro groups is 1. The Morgan fingerprint density at radius 1 is 1.21 bits per heavy atom. The maximum absolute atomic E-state index is 12.1. The molecule has 0 bridgehead atoms. The van der Waals surface area contributed by atoms with Crippen LogP contribution < -0.4 is 5.32 Å². The fraction of sp³-hybridized carbons (Fsp3) is 0.118. The lowest BCUT2D eigenvalue weighted by Crippen LogP contribution is -2.14. The van der Waals surface area contributed by atoms with Gasteiger partial charge < -0.3 is 9.88 Å². The maximum atomic E-state index is 12.1. The first-order chi connectivity index (χ1) is 11.5. The molecule has 24 heavy (non-hydrogen) atoms. The molecule has 3 rings (SSSR count). The third-order valence-electron chi connectivity index (χ3n) is 3.70. The zero-order chi connectivity index (χ0) is 17.1. The Balaban J connectivity index is 1.65.